The molecule has 8 nitrogen and oxygen atoms in total. The van der Waals surface area contributed by atoms with Crippen LogP contribution >= 0.6 is 0 Å². The Bertz CT molecular complexity index is 688. The fourth-order valence-electron chi connectivity index (χ4n) is 2.42. The monoisotopic (exact) mass is 360 g/mol. The molecule has 0 atom stereocenters. The fraction of sp³-hybridized carbons (Fsp3) is 0.333. The normalized spacial score (nSPS) is 10.4. The molecule has 0 aliphatic carbocycles. The summed E-state index contributed by atoms with van der Waals surface area (Å²) >= 11 is 0. The van der Waals surface area contributed by atoms with Crippen LogP contribution in [0.5, 0.6) is 0 Å². The summed E-state index contributed by atoms with van der Waals surface area (Å²) in [6.45, 7) is 0.801. The highest BCUT2D eigenvalue weighted by atomic mass is 16.3. The number of carbonyl (C=O) groups is 2. The quantitative estimate of drug-likeness (QED) is 0.402. The van der Waals surface area contributed by atoms with Crippen LogP contribution in [0.4, 0.5) is 21.0 Å². The zero-order chi connectivity index (χ0) is 18.8. The van der Waals surface area contributed by atoms with Crippen LogP contribution < -0.4 is 21.3 Å². The Morgan fingerprint density at radius 3 is 1.54 bits per heavy atom. The Labute approximate surface area is 151 Å². The van der Waals surface area contributed by atoms with Gasteiger partial charge in [0.15, 0.2) is 0 Å². The van der Waals surface area contributed by atoms with E-state index in [2.05, 4.69) is 21.3 Å². The van der Waals surface area contributed by atoms with Gasteiger partial charge in [-0.2, -0.15) is 0 Å². The van der Waals surface area contributed by atoms with Crippen molar-refractivity contribution in [1.29, 1.82) is 0 Å². The van der Waals surface area contributed by atoms with Gasteiger partial charge in [-0.15, -0.1) is 0 Å². The van der Waals surface area contributed by atoms with Crippen LogP contribution in [0.2, 0.25) is 0 Å². The minimum absolute atomic E-state index is 0.0178. The number of aliphatic hydroxyl groups excluding tert-OH is 2. The number of amides is 4. The molecule has 6 N–H and O–H groups in total. The van der Waals surface area contributed by atoms with E-state index < -0.39 is 0 Å². The number of carbonyl (C=O) groups excluding carboxylic acids is 2. The summed E-state index contributed by atoms with van der Waals surface area (Å²) in [6, 6.07) is 10.1. The number of hydrogen-bond acceptors (Lipinski definition) is 4. The van der Waals surface area contributed by atoms with Gasteiger partial charge in [0, 0.05) is 37.1 Å². The first kappa shape index (κ1) is 19.5. The molecule has 0 spiro atoms. The summed E-state index contributed by atoms with van der Waals surface area (Å²) in [5.74, 6) is 0. The zero-order valence-corrected chi connectivity index (χ0v) is 14.4. The molecule has 0 radical (unpaired) electrons. The lowest BCUT2D eigenvalue weighted by Crippen LogP contribution is -2.30. The van der Waals surface area contributed by atoms with Crippen LogP contribution in [0.1, 0.15) is 12.8 Å². The van der Waals surface area contributed by atoms with Crippen molar-refractivity contribution in [2.45, 2.75) is 12.8 Å². The van der Waals surface area contributed by atoms with Crippen LogP contribution in [-0.4, -0.2) is 48.6 Å². The molecule has 4 amide bonds. The van der Waals surface area contributed by atoms with Crippen molar-refractivity contribution in [3.8, 4) is 0 Å². The van der Waals surface area contributed by atoms with E-state index in [1.807, 2.05) is 12.1 Å². The molecule has 140 valence electrons. The van der Waals surface area contributed by atoms with Crippen LogP contribution in [0.25, 0.3) is 10.8 Å². The Kier molecular flexibility index (Phi) is 7.66. The smallest absolute Gasteiger partial charge is 0.319 e. The number of nitrogens with one attached hydrogen (secondary N) is 4. The van der Waals surface area contributed by atoms with Gasteiger partial charge in [-0.05, 0) is 25.0 Å². The number of benzene rings is 2. The average molecular weight is 360 g/mol. The predicted molar refractivity (Wildman–Crippen MR) is 101 cm³/mol. The van der Waals surface area contributed by atoms with Gasteiger partial charge in [-0.25, -0.2) is 9.59 Å². The number of urea groups is 2. The Hall–Kier alpha value is -2.84. The van der Waals surface area contributed by atoms with Crippen molar-refractivity contribution < 1.29 is 19.8 Å². The number of anilines is 2. The van der Waals surface area contributed by atoms with E-state index in [9.17, 15) is 9.59 Å². The second kappa shape index (κ2) is 10.2. The molecule has 2 rings (SSSR count). The third-order valence-corrected chi connectivity index (χ3v) is 3.66. The molecule has 0 saturated heterocycles. The molecule has 0 aliphatic heterocycles. The van der Waals surface area contributed by atoms with Gasteiger partial charge in [0.25, 0.3) is 0 Å². The molecule has 0 heterocycles. The lowest BCUT2D eigenvalue weighted by atomic mass is 10.1. The minimum Gasteiger partial charge on any atom is -0.396 e. The lowest BCUT2D eigenvalue weighted by Gasteiger charge is -2.13. The van der Waals surface area contributed by atoms with E-state index in [1.54, 1.807) is 24.3 Å². The maximum Gasteiger partial charge on any atom is 0.319 e. The average Bonchev–Trinajstić information content (AvgIpc) is 2.63. The molecule has 0 fully saturated rings. The van der Waals surface area contributed by atoms with Crippen molar-refractivity contribution in [2.24, 2.45) is 0 Å². The van der Waals surface area contributed by atoms with Crippen LogP contribution in [0.15, 0.2) is 36.4 Å². The van der Waals surface area contributed by atoms with E-state index in [4.69, 9.17) is 10.2 Å². The van der Waals surface area contributed by atoms with Crippen LogP contribution in [0.3, 0.4) is 0 Å². The van der Waals surface area contributed by atoms with Gasteiger partial charge in [-0.1, -0.05) is 24.3 Å². The fourth-order valence-corrected chi connectivity index (χ4v) is 2.42. The highest BCUT2D eigenvalue weighted by molar-refractivity contribution is 6.08. The Balaban J connectivity index is 2.12. The van der Waals surface area contributed by atoms with Crippen molar-refractivity contribution in [3.63, 3.8) is 0 Å². The SMILES string of the molecule is O=C(NCCCO)Nc1cccc2c(NC(=O)NCCCO)cccc12. The van der Waals surface area contributed by atoms with Crippen LogP contribution in [0, 0.1) is 0 Å². The van der Waals surface area contributed by atoms with E-state index in [-0.39, 0.29) is 25.3 Å². The molecule has 8 heteroatoms. The van der Waals surface area contributed by atoms with Gasteiger partial charge in [0.1, 0.15) is 0 Å². The molecular weight excluding hydrogens is 336 g/mol. The topological polar surface area (TPSA) is 123 Å². The second-order valence-electron chi connectivity index (χ2n) is 5.62. The van der Waals surface area contributed by atoms with Crippen molar-refractivity contribution in [1.82, 2.24) is 10.6 Å². The molecule has 0 saturated carbocycles. The molecule has 0 aromatic heterocycles. The summed E-state index contributed by atoms with van der Waals surface area (Å²) in [6.07, 6.45) is 0.977. The maximum absolute atomic E-state index is 11.9. The highest BCUT2D eigenvalue weighted by Gasteiger charge is 2.09. The maximum atomic E-state index is 11.9. The summed E-state index contributed by atoms with van der Waals surface area (Å²) in [7, 11) is 0. The lowest BCUT2D eigenvalue weighted by molar-refractivity contribution is 0.247. The van der Waals surface area contributed by atoms with E-state index in [0.717, 1.165) is 10.8 Å². The second-order valence-corrected chi connectivity index (χ2v) is 5.62. The molecule has 26 heavy (non-hydrogen) atoms. The molecule has 0 aliphatic rings. The minimum atomic E-state index is -0.356. The van der Waals surface area contributed by atoms with Gasteiger partial charge in [0.2, 0.25) is 0 Å². The van der Waals surface area contributed by atoms with Crippen molar-refractivity contribution >= 4 is 34.2 Å². The van der Waals surface area contributed by atoms with Gasteiger partial charge >= 0.3 is 12.1 Å². The summed E-state index contributed by atoms with van der Waals surface area (Å²) in [5, 5.41) is 30.0. The zero-order valence-electron chi connectivity index (χ0n) is 14.4. The highest BCUT2D eigenvalue weighted by Crippen LogP contribution is 2.29. The number of rotatable bonds is 8. The largest absolute Gasteiger partial charge is 0.396 e. The summed E-state index contributed by atoms with van der Waals surface area (Å²) in [5.41, 5.74) is 1.24. The van der Waals surface area contributed by atoms with Gasteiger partial charge in [0.05, 0.1) is 11.4 Å². The molecule has 2 aromatic carbocycles. The first-order chi connectivity index (χ1) is 12.7. The standard InChI is InChI=1S/C18H24N4O4/c23-11-3-9-19-17(25)21-15-7-1-5-13-14(15)6-2-8-16(13)22-18(26)20-10-4-12-24/h1-2,5-8,23-24H,3-4,9-12H2,(H2,19,21,25)(H2,20,22,26). The summed E-state index contributed by atoms with van der Waals surface area (Å²) in [4.78, 5) is 23.9. The number of hydrogen-bond donors (Lipinski definition) is 6. The predicted octanol–water partition coefficient (Wildman–Crippen LogP) is 1.85. The first-order valence-corrected chi connectivity index (χ1v) is 8.49. The molecule has 2 aromatic rings. The van der Waals surface area contributed by atoms with Gasteiger partial charge < -0.3 is 31.5 Å². The molecule has 0 unspecified atom stereocenters. The number of fused-ring (bicyclic) bond motifs is 1. The van der Waals surface area contributed by atoms with E-state index in [1.165, 1.54) is 0 Å². The molecular formula is C18H24N4O4. The van der Waals surface area contributed by atoms with Crippen LogP contribution in [-0.2, 0) is 0 Å². The molecule has 0 bridgehead atoms. The van der Waals surface area contributed by atoms with E-state index in [0.29, 0.717) is 37.3 Å². The summed E-state index contributed by atoms with van der Waals surface area (Å²) < 4.78 is 0. The van der Waals surface area contributed by atoms with E-state index >= 15 is 0 Å². The first-order valence-electron chi connectivity index (χ1n) is 8.49. The Morgan fingerprint density at radius 1 is 0.731 bits per heavy atom. The van der Waals surface area contributed by atoms with Gasteiger partial charge in [-0.3, -0.25) is 0 Å². The number of aliphatic hydroxyl groups is 2. The van der Waals surface area contributed by atoms with Crippen molar-refractivity contribution in [2.75, 3.05) is 36.9 Å². The third kappa shape index (κ3) is 5.61. The Morgan fingerprint density at radius 2 is 1.15 bits per heavy atom. The van der Waals surface area contributed by atoms with Crippen molar-refractivity contribution in [3.05, 3.63) is 36.4 Å². The third-order valence-electron chi connectivity index (χ3n) is 3.66.